The molecule has 1 aliphatic heterocycles. The van der Waals surface area contributed by atoms with Crippen LogP contribution in [0.3, 0.4) is 0 Å². The number of hydrogen-bond acceptors (Lipinski definition) is 5. The maximum absolute atomic E-state index is 12.6. The van der Waals surface area contributed by atoms with Crippen LogP contribution in [-0.2, 0) is 4.79 Å². The number of rotatable bonds is 8. The largest absolute Gasteiger partial charge is 0.492 e. The van der Waals surface area contributed by atoms with Crippen LogP contribution in [0.1, 0.15) is 39.5 Å². The zero-order chi connectivity index (χ0) is 22.3. The number of anilines is 2. The number of ether oxygens (including phenoxy) is 2. The monoisotopic (exact) mass is 433 g/mol. The van der Waals surface area contributed by atoms with E-state index < -0.39 is 0 Å². The van der Waals surface area contributed by atoms with Crippen molar-refractivity contribution in [1.29, 1.82) is 0 Å². The first kappa shape index (κ1) is 21.9. The van der Waals surface area contributed by atoms with Gasteiger partial charge in [0.2, 0.25) is 0 Å². The van der Waals surface area contributed by atoms with E-state index in [2.05, 4.69) is 29.3 Å². The second-order valence-electron chi connectivity index (χ2n) is 8.01. The summed E-state index contributed by atoms with van der Waals surface area (Å²) in [6.07, 6.45) is 4.79. The van der Waals surface area contributed by atoms with Gasteiger partial charge in [0.1, 0.15) is 22.8 Å². The van der Waals surface area contributed by atoms with E-state index in [0.717, 1.165) is 29.7 Å². The SMILES string of the molecule is CCOc1ccccc1NC(=O)COc1cccc2ccc(N3CCCCC3CC)nc12. The van der Waals surface area contributed by atoms with Crippen molar-refractivity contribution >= 4 is 28.3 Å². The molecule has 6 heteroatoms. The van der Waals surface area contributed by atoms with Crippen LogP contribution in [0.4, 0.5) is 11.5 Å². The molecule has 4 rings (SSSR count). The fourth-order valence-electron chi connectivity index (χ4n) is 4.29. The Balaban J connectivity index is 1.50. The number of carbonyl (C=O) groups is 1. The van der Waals surface area contributed by atoms with Gasteiger partial charge in [-0.15, -0.1) is 0 Å². The molecule has 32 heavy (non-hydrogen) atoms. The second-order valence-corrected chi connectivity index (χ2v) is 8.01. The molecule has 0 radical (unpaired) electrons. The lowest BCUT2D eigenvalue weighted by Crippen LogP contribution is -2.39. The Morgan fingerprint density at radius 2 is 1.88 bits per heavy atom. The number of nitrogens with zero attached hydrogens (tertiary/aromatic N) is 2. The smallest absolute Gasteiger partial charge is 0.262 e. The van der Waals surface area contributed by atoms with Gasteiger partial charge in [-0.2, -0.15) is 0 Å². The van der Waals surface area contributed by atoms with E-state index in [-0.39, 0.29) is 12.5 Å². The van der Waals surface area contributed by atoms with E-state index in [9.17, 15) is 4.79 Å². The van der Waals surface area contributed by atoms with Crippen molar-refractivity contribution in [2.45, 2.75) is 45.6 Å². The fourth-order valence-corrected chi connectivity index (χ4v) is 4.29. The fraction of sp³-hybridized carbons (Fsp3) is 0.385. The molecule has 3 aromatic rings. The lowest BCUT2D eigenvalue weighted by atomic mass is 10.00. The highest BCUT2D eigenvalue weighted by Gasteiger charge is 2.22. The second kappa shape index (κ2) is 10.4. The number of amides is 1. The van der Waals surface area contributed by atoms with E-state index in [1.165, 1.54) is 19.3 Å². The molecule has 1 unspecified atom stereocenters. The molecule has 0 bridgehead atoms. The zero-order valence-electron chi connectivity index (χ0n) is 18.8. The van der Waals surface area contributed by atoms with Crippen LogP contribution in [0, 0.1) is 0 Å². The van der Waals surface area contributed by atoms with E-state index in [1.807, 2.05) is 49.4 Å². The molecule has 1 aromatic heterocycles. The van der Waals surface area contributed by atoms with Crippen molar-refractivity contribution < 1.29 is 14.3 Å². The molecule has 0 saturated carbocycles. The highest BCUT2D eigenvalue weighted by atomic mass is 16.5. The predicted octanol–water partition coefficient (Wildman–Crippen LogP) is 5.42. The van der Waals surface area contributed by atoms with Gasteiger partial charge in [0.25, 0.3) is 5.91 Å². The van der Waals surface area contributed by atoms with Crippen LogP contribution in [0.2, 0.25) is 0 Å². The number of pyridine rings is 1. The van der Waals surface area contributed by atoms with Crippen molar-refractivity contribution in [2.24, 2.45) is 0 Å². The Labute approximate surface area is 189 Å². The maximum Gasteiger partial charge on any atom is 0.262 e. The van der Waals surface area contributed by atoms with Crippen molar-refractivity contribution in [3.63, 3.8) is 0 Å². The first-order valence-electron chi connectivity index (χ1n) is 11.5. The van der Waals surface area contributed by atoms with E-state index >= 15 is 0 Å². The molecule has 1 saturated heterocycles. The third-order valence-electron chi connectivity index (χ3n) is 5.88. The molecule has 2 heterocycles. The Hall–Kier alpha value is -3.28. The van der Waals surface area contributed by atoms with Crippen molar-refractivity contribution in [2.75, 3.05) is 30.0 Å². The Bertz CT molecular complexity index is 1070. The normalized spacial score (nSPS) is 16.1. The van der Waals surface area contributed by atoms with Crippen LogP contribution in [-0.4, -0.2) is 36.7 Å². The van der Waals surface area contributed by atoms with Gasteiger partial charge in [-0.05, 0) is 62.9 Å². The summed E-state index contributed by atoms with van der Waals surface area (Å²) in [5.41, 5.74) is 1.42. The summed E-state index contributed by atoms with van der Waals surface area (Å²) in [6.45, 7) is 5.61. The molecule has 0 spiro atoms. The molecule has 1 fully saturated rings. The van der Waals surface area contributed by atoms with Crippen LogP contribution < -0.4 is 19.7 Å². The minimum atomic E-state index is -0.243. The lowest BCUT2D eigenvalue weighted by molar-refractivity contribution is -0.118. The van der Waals surface area contributed by atoms with Gasteiger partial charge < -0.3 is 19.7 Å². The van der Waals surface area contributed by atoms with Gasteiger partial charge >= 0.3 is 0 Å². The van der Waals surface area contributed by atoms with Gasteiger partial charge in [0, 0.05) is 18.0 Å². The molecular formula is C26H31N3O3. The quantitative estimate of drug-likeness (QED) is 0.514. The molecule has 0 aliphatic carbocycles. The lowest BCUT2D eigenvalue weighted by Gasteiger charge is -2.36. The molecule has 1 amide bonds. The summed E-state index contributed by atoms with van der Waals surface area (Å²) in [5.74, 6) is 2.00. The van der Waals surface area contributed by atoms with Crippen molar-refractivity contribution in [3.8, 4) is 11.5 Å². The standard InChI is InChI=1S/C26H31N3O3/c1-3-20-11-7-8-17-29(20)24-16-15-19-10-9-14-23(26(19)28-24)32-18-25(30)27-21-12-5-6-13-22(21)31-4-2/h5-6,9-10,12-16,20H,3-4,7-8,11,17-18H2,1-2H3,(H,27,30). The highest BCUT2D eigenvalue weighted by molar-refractivity contribution is 5.94. The van der Waals surface area contributed by atoms with Gasteiger partial charge in [-0.3, -0.25) is 4.79 Å². The molecule has 1 N–H and O–H groups in total. The van der Waals surface area contributed by atoms with Gasteiger partial charge in [-0.25, -0.2) is 4.98 Å². The molecule has 1 atom stereocenters. The van der Waals surface area contributed by atoms with Crippen LogP contribution in [0.5, 0.6) is 11.5 Å². The minimum absolute atomic E-state index is 0.104. The number of nitrogens with one attached hydrogen (secondary N) is 1. The molecule has 2 aromatic carbocycles. The summed E-state index contributed by atoms with van der Waals surface area (Å²) in [7, 11) is 0. The van der Waals surface area contributed by atoms with Gasteiger partial charge in [-0.1, -0.05) is 31.2 Å². The van der Waals surface area contributed by atoms with Crippen LogP contribution >= 0.6 is 0 Å². The topological polar surface area (TPSA) is 63.7 Å². The number of fused-ring (bicyclic) bond motifs is 1. The maximum atomic E-state index is 12.6. The summed E-state index contributed by atoms with van der Waals surface area (Å²) in [4.78, 5) is 19.9. The number of para-hydroxylation sites is 3. The average Bonchev–Trinajstić information content (AvgIpc) is 2.83. The summed E-state index contributed by atoms with van der Waals surface area (Å²) < 4.78 is 11.5. The van der Waals surface area contributed by atoms with E-state index in [4.69, 9.17) is 14.5 Å². The summed E-state index contributed by atoms with van der Waals surface area (Å²) in [5, 5.41) is 3.87. The Kier molecular flexibility index (Phi) is 7.10. The molecule has 6 nitrogen and oxygen atoms in total. The number of benzene rings is 2. The first-order chi connectivity index (χ1) is 15.7. The molecule has 1 aliphatic rings. The number of carbonyl (C=O) groups excluding carboxylic acids is 1. The summed E-state index contributed by atoms with van der Waals surface area (Å²) >= 11 is 0. The zero-order valence-corrected chi connectivity index (χ0v) is 18.8. The van der Waals surface area contributed by atoms with Crippen LogP contribution in [0.25, 0.3) is 10.9 Å². The van der Waals surface area contributed by atoms with Gasteiger partial charge in [0.05, 0.1) is 12.3 Å². The highest BCUT2D eigenvalue weighted by Crippen LogP contribution is 2.30. The molecule has 168 valence electrons. The number of piperidine rings is 1. The third-order valence-corrected chi connectivity index (χ3v) is 5.88. The molecular weight excluding hydrogens is 402 g/mol. The Morgan fingerprint density at radius 1 is 1.03 bits per heavy atom. The number of aromatic nitrogens is 1. The minimum Gasteiger partial charge on any atom is -0.492 e. The summed E-state index contributed by atoms with van der Waals surface area (Å²) in [6, 6.07) is 17.9. The predicted molar refractivity (Wildman–Crippen MR) is 129 cm³/mol. The van der Waals surface area contributed by atoms with E-state index in [0.29, 0.717) is 29.8 Å². The Morgan fingerprint density at radius 3 is 2.72 bits per heavy atom. The van der Waals surface area contributed by atoms with Crippen molar-refractivity contribution in [3.05, 3.63) is 54.6 Å². The van der Waals surface area contributed by atoms with Crippen molar-refractivity contribution in [1.82, 2.24) is 4.98 Å². The van der Waals surface area contributed by atoms with Gasteiger partial charge in [0.15, 0.2) is 6.61 Å². The first-order valence-corrected chi connectivity index (χ1v) is 11.5. The van der Waals surface area contributed by atoms with Crippen LogP contribution in [0.15, 0.2) is 54.6 Å². The third kappa shape index (κ3) is 4.96. The van der Waals surface area contributed by atoms with E-state index in [1.54, 1.807) is 0 Å². The number of hydrogen-bond donors (Lipinski definition) is 1. The average molecular weight is 434 g/mol.